The second-order valence-electron chi connectivity index (χ2n) is 5.62. The van der Waals surface area contributed by atoms with Crippen LogP contribution in [0.25, 0.3) is 11.4 Å². The van der Waals surface area contributed by atoms with Crippen LogP contribution in [0.4, 0.5) is 0 Å². The fraction of sp³-hybridized carbons (Fsp3) is 0.312. The van der Waals surface area contributed by atoms with Crippen LogP contribution in [-0.4, -0.2) is 33.0 Å². The molecule has 126 valence electrons. The lowest BCUT2D eigenvalue weighted by molar-refractivity contribution is 0.565. The third-order valence-corrected chi connectivity index (χ3v) is 5.42. The first kappa shape index (κ1) is 16.4. The maximum absolute atomic E-state index is 12.8. The van der Waals surface area contributed by atoms with Crippen molar-refractivity contribution in [2.45, 2.75) is 31.3 Å². The summed E-state index contributed by atoms with van der Waals surface area (Å²) in [4.78, 5) is 0. The minimum Gasteiger partial charge on any atom is -0.298 e. The predicted molar refractivity (Wildman–Crippen MR) is 90.0 cm³/mol. The van der Waals surface area contributed by atoms with E-state index in [0.717, 1.165) is 11.1 Å². The summed E-state index contributed by atoms with van der Waals surface area (Å²) in [5, 5.41) is 12.1. The molecule has 0 spiro atoms. The highest BCUT2D eigenvalue weighted by atomic mass is 32.2. The molecule has 0 aliphatic rings. The number of sulfone groups is 1. The Balaban J connectivity index is 2.02. The molecule has 8 heteroatoms. The maximum Gasteiger partial charge on any atom is 0.250 e. The second-order valence-corrected chi connectivity index (χ2v) is 7.51. The summed E-state index contributed by atoms with van der Waals surface area (Å²) < 4.78 is 28.7. The van der Waals surface area contributed by atoms with Crippen LogP contribution in [0.1, 0.15) is 18.2 Å². The van der Waals surface area contributed by atoms with Crippen LogP contribution in [0.3, 0.4) is 0 Å². The number of rotatable bonds is 5. The van der Waals surface area contributed by atoms with Gasteiger partial charge in [0.15, 0.2) is 5.82 Å². The van der Waals surface area contributed by atoms with Crippen LogP contribution < -0.4 is 0 Å². The molecule has 0 radical (unpaired) electrons. The van der Waals surface area contributed by atoms with Gasteiger partial charge in [-0.2, -0.15) is 5.10 Å². The van der Waals surface area contributed by atoms with Crippen LogP contribution in [0.15, 0.2) is 41.7 Å². The van der Waals surface area contributed by atoms with Crippen molar-refractivity contribution in [3.05, 3.63) is 47.8 Å². The summed E-state index contributed by atoms with van der Waals surface area (Å²) in [7, 11) is -1.90. The Morgan fingerprint density at radius 2 is 1.79 bits per heavy atom. The van der Waals surface area contributed by atoms with Crippen molar-refractivity contribution in [1.29, 1.82) is 0 Å². The zero-order chi connectivity index (χ0) is 17.3. The van der Waals surface area contributed by atoms with Gasteiger partial charge in [-0.3, -0.25) is 9.25 Å². The first-order valence-electron chi connectivity index (χ1n) is 7.62. The Hall–Kier alpha value is -2.48. The Labute approximate surface area is 140 Å². The van der Waals surface area contributed by atoms with E-state index in [1.807, 2.05) is 38.1 Å². The molecule has 0 amide bonds. The zero-order valence-electron chi connectivity index (χ0n) is 13.8. The highest BCUT2D eigenvalue weighted by Gasteiger charge is 2.26. The molecule has 7 nitrogen and oxygen atoms in total. The van der Waals surface area contributed by atoms with Gasteiger partial charge in [-0.15, -0.1) is 10.2 Å². The van der Waals surface area contributed by atoms with E-state index < -0.39 is 9.84 Å². The van der Waals surface area contributed by atoms with E-state index in [1.54, 1.807) is 28.6 Å². The third-order valence-electron chi connectivity index (χ3n) is 3.88. The fourth-order valence-electron chi connectivity index (χ4n) is 2.52. The molecule has 0 aliphatic heterocycles. The van der Waals surface area contributed by atoms with E-state index in [-0.39, 0.29) is 10.9 Å². The molecule has 0 bridgehead atoms. The largest absolute Gasteiger partial charge is 0.298 e. The van der Waals surface area contributed by atoms with Gasteiger partial charge in [0.05, 0.1) is 11.4 Å². The molecule has 0 aliphatic carbocycles. The van der Waals surface area contributed by atoms with E-state index in [1.165, 1.54) is 0 Å². The van der Waals surface area contributed by atoms with Gasteiger partial charge in [0, 0.05) is 25.4 Å². The van der Waals surface area contributed by atoms with E-state index >= 15 is 0 Å². The maximum atomic E-state index is 12.8. The summed E-state index contributed by atoms with van der Waals surface area (Å²) in [5.74, 6) is 0.399. The van der Waals surface area contributed by atoms with E-state index in [0.29, 0.717) is 18.1 Å². The summed E-state index contributed by atoms with van der Waals surface area (Å²) in [6.07, 6.45) is 1.58. The molecule has 0 saturated carbocycles. The normalized spacial score (nSPS) is 11.8. The first-order chi connectivity index (χ1) is 11.4. The standard InChI is InChI=1S/C16H19N5O2S/c1-4-21-15(13-7-5-12(2)6-8-13)18-19-16(21)24(22,23)11-14-9-10-17-20(14)3/h5-10H,4,11H2,1-3H3. The molecular weight excluding hydrogens is 326 g/mol. The average molecular weight is 345 g/mol. The minimum atomic E-state index is -3.62. The first-order valence-corrected chi connectivity index (χ1v) is 9.27. The minimum absolute atomic E-state index is 0.0122. The van der Waals surface area contributed by atoms with Crippen LogP contribution in [0, 0.1) is 6.92 Å². The second kappa shape index (κ2) is 6.20. The quantitative estimate of drug-likeness (QED) is 0.706. The molecule has 24 heavy (non-hydrogen) atoms. The lowest BCUT2D eigenvalue weighted by Crippen LogP contribution is -2.15. The summed E-state index contributed by atoms with van der Waals surface area (Å²) >= 11 is 0. The van der Waals surface area contributed by atoms with E-state index in [2.05, 4.69) is 15.3 Å². The fourth-order valence-corrected chi connectivity index (χ4v) is 4.04. The van der Waals surface area contributed by atoms with Gasteiger partial charge in [0.1, 0.15) is 0 Å². The van der Waals surface area contributed by atoms with Crippen molar-refractivity contribution in [1.82, 2.24) is 24.5 Å². The zero-order valence-corrected chi connectivity index (χ0v) is 14.7. The average Bonchev–Trinajstić information content (AvgIpc) is 3.15. The summed E-state index contributed by atoms with van der Waals surface area (Å²) in [5.41, 5.74) is 2.58. The van der Waals surface area contributed by atoms with Gasteiger partial charge in [0.25, 0.3) is 0 Å². The summed E-state index contributed by atoms with van der Waals surface area (Å²) in [6.45, 7) is 4.35. The Morgan fingerprint density at radius 3 is 2.38 bits per heavy atom. The number of hydrogen-bond donors (Lipinski definition) is 0. The topological polar surface area (TPSA) is 82.7 Å². The van der Waals surface area contributed by atoms with Crippen molar-refractivity contribution >= 4 is 9.84 Å². The van der Waals surface area contributed by atoms with Crippen LogP contribution >= 0.6 is 0 Å². The number of aromatic nitrogens is 5. The van der Waals surface area contributed by atoms with Crippen molar-refractivity contribution < 1.29 is 8.42 Å². The van der Waals surface area contributed by atoms with Gasteiger partial charge in [0.2, 0.25) is 15.0 Å². The molecular formula is C16H19N5O2S. The predicted octanol–water partition coefficient (Wildman–Crippen LogP) is 1.98. The third kappa shape index (κ3) is 2.96. The molecule has 0 saturated heterocycles. The van der Waals surface area contributed by atoms with Crippen molar-refractivity contribution in [3.63, 3.8) is 0 Å². The highest BCUT2D eigenvalue weighted by molar-refractivity contribution is 7.90. The smallest absolute Gasteiger partial charge is 0.250 e. The molecule has 0 unspecified atom stereocenters. The van der Waals surface area contributed by atoms with Crippen LogP contribution in [-0.2, 0) is 29.2 Å². The molecule has 1 aromatic carbocycles. The van der Waals surface area contributed by atoms with E-state index in [9.17, 15) is 8.42 Å². The molecule has 0 fully saturated rings. The van der Waals surface area contributed by atoms with Crippen molar-refractivity contribution in [2.24, 2.45) is 7.05 Å². The van der Waals surface area contributed by atoms with Gasteiger partial charge in [-0.1, -0.05) is 29.8 Å². The molecule has 0 N–H and O–H groups in total. The monoisotopic (exact) mass is 345 g/mol. The van der Waals surface area contributed by atoms with Crippen LogP contribution in [0.2, 0.25) is 0 Å². The molecule has 2 aromatic heterocycles. The summed E-state index contributed by atoms with van der Waals surface area (Å²) in [6, 6.07) is 9.46. The van der Waals surface area contributed by atoms with E-state index in [4.69, 9.17) is 0 Å². The van der Waals surface area contributed by atoms with Gasteiger partial charge in [-0.25, -0.2) is 8.42 Å². The van der Waals surface area contributed by atoms with Gasteiger partial charge >= 0.3 is 0 Å². The Bertz CT molecular complexity index is 955. The lowest BCUT2D eigenvalue weighted by Gasteiger charge is -2.09. The van der Waals surface area contributed by atoms with Crippen molar-refractivity contribution in [2.75, 3.05) is 0 Å². The Kier molecular flexibility index (Phi) is 4.23. The van der Waals surface area contributed by atoms with Gasteiger partial charge in [-0.05, 0) is 19.9 Å². The van der Waals surface area contributed by atoms with Crippen molar-refractivity contribution in [3.8, 4) is 11.4 Å². The highest BCUT2D eigenvalue weighted by Crippen LogP contribution is 2.23. The number of nitrogens with zero attached hydrogens (tertiary/aromatic N) is 5. The van der Waals surface area contributed by atoms with Crippen LogP contribution in [0.5, 0.6) is 0 Å². The molecule has 3 rings (SSSR count). The molecule has 2 heterocycles. The molecule has 0 atom stereocenters. The Morgan fingerprint density at radius 1 is 1.08 bits per heavy atom. The van der Waals surface area contributed by atoms with Gasteiger partial charge < -0.3 is 0 Å². The number of benzene rings is 1. The number of hydrogen-bond acceptors (Lipinski definition) is 5. The number of aryl methyl sites for hydroxylation is 2. The molecule has 3 aromatic rings. The lowest BCUT2D eigenvalue weighted by atomic mass is 10.1. The SMILES string of the molecule is CCn1c(-c2ccc(C)cc2)nnc1S(=O)(=O)Cc1ccnn1C.